The van der Waals surface area contributed by atoms with Gasteiger partial charge in [0.05, 0.1) is 0 Å². The highest BCUT2D eigenvalue weighted by Crippen LogP contribution is 1.47. The number of terminal acetylenes is 1. The molecule has 0 spiro atoms. The van der Waals surface area contributed by atoms with Gasteiger partial charge in [-0.25, -0.2) is 5.48 Å². The Hall–Kier alpha value is -1.01. The lowest BCUT2D eigenvalue weighted by molar-refractivity contribution is -0.123. The monoisotopic (exact) mass is 85.0 g/mol. The van der Waals surface area contributed by atoms with Crippen molar-refractivity contribution in [2.45, 2.75) is 0 Å². The summed E-state index contributed by atoms with van der Waals surface area (Å²) < 4.78 is 0. The number of hydroxylamine groups is 1. The Morgan fingerprint density at radius 3 is 2.50 bits per heavy atom. The predicted molar refractivity (Wildman–Crippen MR) is 18.8 cm³/mol. The van der Waals surface area contributed by atoms with E-state index in [0.29, 0.717) is 0 Å². The van der Waals surface area contributed by atoms with E-state index in [0.717, 1.165) is 0 Å². The van der Waals surface area contributed by atoms with Crippen molar-refractivity contribution in [3.63, 3.8) is 0 Å². The molecule has 0 aromatic carbocycles. The van der Waals surface area contributed by atoms with E-state index >= 15 is 0 Å². The van der Waals surface area contributed by atoms with E-state index in [2.05, 4.69) is 6.42 Å². The van der Waals surface area contributed by atoms with Crippen LogP contribution in [0.1, 0.15) is 0 Å². The molecule has 0 saturated heterocycles. The van der Waals surface area contributed by atoms with Crippen LogP contribution in [0.2, 0.25) is 0 Å². The van der Waals surface area contributed by atoms with Crippen molar-refractivity contribution >= 4 is 5.91 Å². The summed E-state index contributed by atoms with van der Waals surface area (Å²) in [6.45, 7) is 0. The van der Waals surface area contributed by atoms with Gasteiger partial charge in [-0.1, -0.05) is 0 Å². The van der Waals surface area contributed by atoms with Gasteiger partial charge in [-0.05, 0) is 5.92 Å². The van der Waals surface area contributed by atoms with Crippen molar-refractivity contribution in [3.8, 4) is 12.3 Å². The highest BCUT2D eigenvalue weighted by Gasteiger charge is 1.81. The van der Waals surface area contributed by atoms with Crippen molar-refractivity contribution in [3.05, 3.63) is 0 Å². The first kappa shape index (κ1) is 4.99. The summed E-state index contributed by atoms with van der Waals surface area (Å²) in [7, 11) is 0. The summed E-state index contributed by atoms with van der Waals surface area (Å²) in [5.74, 6) is 0.791. The maximum Gasteiger partial charge on any atom is 0.319 e. The quantitative estimate of drug-likeness (QED) is 0.228. The molecule has 0 aromatic rings. The normalized spacial score (nSPS) is 6.00. The van der Waals surface area contributed by atoms with Gasteiger partial charge in [0.2, 0.25) is 0 Å². The minimum Gasteiger partial charge on any atom is -0.288 e. The van der Waals surface area contributed by atoms with Crippen LogP contribution in [0, 0.1) is 12.3 Å². The van der Waals surface area contributed by atoms with Crippen molar-refractivity contribution in [1.29, 1.82) is 0 Å². The van der Waals surface area contributed by atoms with Gasteiger partial charge < -0.3 is 0 Å². The molecule has 3 heteroatoms. The van der Waals surface area contributed by atoms with E-state index in [1.54, 1.807) is 5.92 Å². The fraction of sp³-hybridized carbons (Fsp3) is 0. The number of rotatable bonds is 0. The molecule has 0 unspecified atom stereocenters. The minimum atomic E-state index is -0.824. The number of carbonyl (C=O) groups is 1. The van der Waals surface area contributed by atoms with Gasteiger partial charge in [0, 0.05) is 0 Å². The van der Waals surface area contributed by atoms with Gasteiger partial charge in [-0.3, -0.25) is 10.0 Å². The van der Waals surface area contributed by atoms with E-state index in [4.69, 9.17) is 5.21 Å². The molecule has 0 aliphatic rings. The summed E-state index contributed by atoms with van der Waals surface area (Å²) in [5.41, 5.74) is 1.24. The molecule has 0 heterocycles. The lowest BCUT2D eigenvalue weighted by Crippen LogP contribution is -2.14. The lowest BCUT2D eigenvalue weighted by atomic mass is 10.7. The second kappa shape index (κ2) is 2.24. The average Bonchev–Trinajstić information content (AvgIpc) is 1.65. The first-order chi connectivity index (χ1) is 2.81. The molecule has 0 atom stereocenters. The van der Waals surface area contributed by atoms with Gasteiger partial charge in [0.25, 0.3) is 0 Å². The molecule has 0 saturated carbocycles. The van der Waals surface area contributed by atoms with E-state index in [1.807, 2.05) is 0 Å². The second-order valence-electron chi connectivity index (χ2n) is 0.585. The predicted octanol–water partition coefficient (Wildman–Crippen LogP) is -0.875. The van der Waals surface area contributed by atoms with E-state index in [-0.39, 0.29) is 0 Å². The summed E-state index contributed by atoms with van der Waals surface area (Å²) in [4.78, 5) is 9.58. The third-order valence-electron chi connectivity index (χ3n) is 0.233. The molecule has 0 radical (unpaired) electrons. The Labute approximate surface area is 34.9 Å². The number of amides is 1. The van der Waals surface area contributed by atoms with Crippen molar-refractivity contribution in [2.24, 2.45) is 0 Å². The fourth-order valence-electron chi connectivity index (χ4n) is 0.0323. The topological polar surface area (TPSA) is 49.3 Å². The first-order valence-corrected chi connectivity index (χ1v) is 1.22. The van der Waals surface area contributed by atoms with Gasteiger partial charge in [0.15, 0.2) is 0 Å². The molecule has 0 fully saturated rings. The standard InChI is InChI=1S/C3H3NO2/c1-2-3(5)4-6/h1,6H,(H,4,5). The van der Waals surface area contributed by atoms with E-state index < -0.39 is 5.91 Å². The van der Waals surface area contributed by atoms with E-state index in [1.165, 1.54) is 5.48 Å². The zero-order valence-corrected chi connectivity index (χ0v) is 2.93. The largest absolute Gasteiger partial charge is 0.319 e. The Morgan fingerprint density at radius 1 is 2.00 bits per heavy atom. The fourth-order valence-corrected chi connectivity index (χ4v) is 0.0323. The zero-order chi connectivity index (χ0) is 4.99. The minimum absolute atomic E-state index is 0.824. The Kier molecular flexibility index (Phi) is 1.86. The average molecular weight is 85.1 g/mol. The second-order valence-corrected chi connectivity index (χ2v) is 0.585. The lowest BCUT2D eigenvalue weighted by Gasteiger charge is -1.78. The summed E-state index contributed by atoms with van der Waals surface area (Å²) in [5, 5.41) is 7.59. The highest BCUT2D eigenvalue weighted by molar-refractivity contribution is 5.91. The number of nitrogens with one attached hydrogen (secondary N) is 1. The Bertz CT molecular complexity index is 91.5. The third-order valence-corrected chi connectivity index (χ3v) is 0.233. The molecule has 0 bridgehead atoms. The molecular formula is C3H3NO2. The van der Waals surface area contributed by atoms with Gasteiger partial charge in [-0.15, -0.1) is 6.42 Å². The van der Waals surface area contributed by atoms with Crippen LogP contribution in [-0.4, -0.2) is 11.1 Å². The molecule has 0 aromatic heterocycles. The molecule has 3 nitrogen and oxygen atoms in total. The summed E-state index contributed by atoms with van der Waals surface area (Å²) >= 11 is 0. The number of carbonyl (C=O) groups excluding carboxylic acids is 1. The highest BCUT2D eigenvalue weighted by atomic mass is 16.5. The maximum atomic E-state index is 9.58. The van der Waals surface area contributed by atoms with Crippen LogP contribution < -0.4 is 5.48 Å². The van der Waals surface area contributed by atoms with Crippen LogP contribution in [0.4, 0.5) is 0 Å². The van der Waals surface area contributed by atoms with Crippen LogP contribution in [0.15, 0.2) is 0 Å². The maximum absolute atomic E-state index is 9.58. The van der Waals surface area contributed by atoms with Crippen molar-refractivity contribution < 1.29 is 10.0 Å². The van der Waals surface area contributed by atoms with Crippen LogP contribution in [0.25, 0.3) is 0 Å². The number of hydrogen-bond acceptors (Lipinski definition) is 2. The molecule has 0 aliphatic heterocycles. The third kappa shape index (κ3) is 1.32. The summed E-state index contributed by atoms with van der Waals surface area (Å²) in [6.07, 6.45) is 4.46. The van der Waals surface area contributed by atoms with Crippen LogP contribution in [-0.2, 0) is 4.79 Å². The van der Waals surface area contributed by atoms with Crippen LogP contribution >= 0.6 is 0 Å². The van der Waals surface area contributed by atoms with Crippen molar-refractivity contribution in [2.75, 3.05) is 0 Å². The molecule has 6 heavy (non-hydrogen) atoms. The summed E-state index contributed by atoms with van der Waals surface area (Å²) in [6, 6.07) is 0. The van der Waals surface area contributed by atoms with Gasteiger partial charge >= 0.3 is 5.91 Å². The molecule has 32 valence electrons. The van der Waals surface area contributed by atoms with Gasteiger partial charge in [-0.2, -0.15) is 0 Å². The van der Waals surface area contributed by atoms with Gasteiger partial charge in [0.1, 0.15) is 0 Å². The first-order valence-electron chi connectivity index (χ1n) is 1.22. The van der Waals surface area contributed by atoms with Crippen LogP contribution in [0.5, 0.6) is 0 Å². The van der Waals surface area contributed by atoms with Crippen LogP contribution in [0.3, 0.4) is 0 Å². The Balaban J connectivity index is 3.33. The molecule has 1 amide bonds. The molecule has 2 N–H and O–H groups in total. The molecule has 0 aliphatic carbocycles. The van der Waals surface area contributed by atoms with E-state index in [9.17, 15) is 4.79 Å². The smallest absolute Gasteiger partial charge is 0.288 e. The number of hydrogen-bond donors (Lipinski definition) is 2. The van der Waals surface area contributed by atoms with Crippen molar-refractivity contribution in [1.82, 2.24) is 5.48 Å². The molecule has 0 rings (SSSR count). The Morgan fingerprint density at radius 2 is 2.50 bits per heavy atom. The SMILES string of the molecule is C#CC(=O)NO. The molecular weight excluding hydrogens is 82.0 g/mol. The zero-order valence-electron chi connectivity index (χ0n) is 2.93.